The van der Waals surface area contributed by atoms with Crippen molar-refractivity contribution in [3.63, 3.8) is 0 Å². The predicted molar refractivity (Wildman–Crippen MR) is 150 cm³/mol. The van der Waals surface area contributed by atoms with Gasteiger partial charge in [-0.1, -0.05) is 18.1 Å². The molecule has 2 heterocycles. The molecule has 1 fully saturated rings. The first kappa shape index (κ1) is 32.4. The molecule has 45 heavy (non-hydrogen) atoms. The van der Waals surface area contributed by atoms with Crippen molar-refractivity contribution >= 4 is 38.5 Å². The van der Waals surface area contributed by atoms with E-state index in [1.807, 2.05) is 0 Å². The van der Waals surface area contributed by atoms with Crippen LogP contribution in [0, 0.1) is 5.82 Å². The van der Waals surface area contributed by atoms with Crippen LogP contribution in [0.4, 0.5) is 42.1 Å². The van der Waals surface area contributed by atoms with E-state index in [1.54, 1.807) is 17.5 Å². The van der Waals surface area contributed by atoms with Gasteiger partial charge in [0.1, 0.15) is 12.4 Å². The van der Waals surface area contributed by atoms with Gasteiger partial charge in [-0.3, -0.25) is 4.79 Å². The van der Waals surface area contributed by atoms with Crippen molar-refractivity contribution in [2.45, 2.75) is 42.4 Å². The third kappa shape index (κ3) is 6.98. The molecule has 1 saturated carbocycles. The Balaban J connectivity index is 1.42. The SMILES string of the molecule is CCS(=O)(=O)c1ccc(N(CC(=O)Nc2cc(F)c(C3(c4noc(-c5cccs5)n4)CC3)c(C(F)(F)F)c2)CC(F)(F)F)cc1. The Morgan fingerprint density at radius 1 is 1.09 bits per heavy atom. The van der Waals surface area contributed by atoms with Crippen molar-refractivity contribution in [1.82, 2.24) is 10.1 Å². The van der Waals surface area contributed by atoms with Crippen LogP contribution in [0.2, 0.25) is 0 Å². The van der Waals surface area contributed by atoms with Gasteiger partial charge in [0, 0.05) is 16.9 Å². The molecule has 0 unspecified atom stereocenters. The monoisotopic (exact) mass is 676 g/mol. The minimum Gasteiger partial charge on any atom is -0.353 e. The van der Waals surface area contributed by atoms with E-state index in [1.165, 1.54) is 18.3 Å². The highest BCUT2D eigenvalue weighted by Crippen LogP contribution is 2.56. The number of hydrogen-bond donors (Lipinski definition) is 1. The standard InChI is InChI=1S/C28H23F7N4O4S2/c1-2-45(41,42)18-7-5-17(6-8-18)39(15-27(30,31)32)14-22(40)36-16-12-19(28(33,34)35)23(20(29)13-16)26(9-10-26)25-37-24(43-38-25)21-4-3-11-44-21/h3-8,11-13H,2,9-10,14-15H2,1H3,(H,36,40). The Labute approximate surface area is 255 Å². The number of benzene rings is 2. The average Bonchev–Trinajstić information content (AvgIpc) is 3.32. The summed E-state index contributed by atoms with van der Waals surface area (Å²) in [4.78, 5) is 18.0. The van der Waals surface area contributed by atoms with Crippen LogP contribution in [0.5, 0.6) is 0 Å². The molecular weight excluding hydrogens is 653 g/mol. The molecule has 5 rings (SSSR count). The van der Waals surface area contributed by atoms with E-state index in [2.05, 4.69) is 15.5 Å². The number of aromatic nitrogens is 2. The molecule has 8 nitrogen and oxygen atoms in total. The molecule has 17 heteroatoms. The summed E-state index contributed by atoms with van der Waals surface area (Å²) < 4.78 is 128. The van der Waals surface area contributed by atoms with Gasteiger partial charge in [-0.15, -0.1) is 11.3 Å². The number of sulfone groups is 1. The molecule has 1 aliphatic carbocycles. The summed E-state index contributed by atoms with van der Waals surface area (Å²) in [5.74, 6) is -2.81. The topological polar surface area (TPSA) is 105 Å². The maximum atomic E-state index is 15.6. The summed E-state index contributed by atoms with van der Waals surface area (Å²) in [7, 11) is -3.66. The third-order valence-electron chi connectivity index (χ3n) is 7.14. The van der Waals surface area contributed by atoms with Crippen LogP contribution in [-0.4, -0.2) is 49.5 Å². The van der Waals surface area contributed by atoms with E-state index in [-0.39, 0.29) is 40.9 Å². The molecule has 4 aromatic rings. The molecule has 1 aliphatic rings. The number of anilines is 2. The number of amides is 1. The first-order chi connectivity index (χ1) is 21.0. The summed E-state index contributed by atoms with van der Waals surface area (Å²) in [6.07, 6.45) is -9.71. The second-order valence-electron chi connectivity index (χ2n) is 10.3. The number of alkyl halides is 6. The Morgan fingerprint density at radius 2 is 1.78 bits per heavy atom. The van der Waals surface area contributed by atoms with E-state index in [9.17, 15) is 39.6 Å². The number of nitrogens with one attached hydrogen (secondary N) is 1. The van der Waals surface area contributed by atoms with Crippen molar-refractivity contribution < 1.29 is 48.5 Å². The molecule has 1 N–H and O–H groups in total. The second-order valence-corrected chi connectivity index (χ2v) is 13.5. The molecule has 2 aromatic carbocycles. The molecule has 0 radical (unpaired) electrons. The summed E-state index contributed by atoms with van der Waals surface area (Å²) in [5.41, 5.74) is -4.47. The second kappa shape index (κ2) is 11.7. The smallest absolute Gasteiger partial charge is 0.353 e. The molecule has 2 aromatic heterocycles. The highest BCUT2D eigenvalue weighted by atomic mass is 32.2. The number of halogens is 7. The van der Waals surface area contributed by atoms with Crippen molar-refractivity contribution in [3.05, 3.63) is 76.7 Å². The van der Waals surface area contributed by atoms with E-state index >= 15 is 4.39 Å². The van der Waals surface area contributed by atoms with E-state index in [0.29, 0.717) is 21.9 Å². The van der Waals surface area contributed by atoms with E-state index in [0.717, 1.165) is 24.3 Å². The fourth-order valence-corrected chi connectivity index (χ4v) is 6.41. The summed E-state index contributed by atoms with van der Waals surface area (Å²) in [6.45, 7) is -1.24. The Hall–Kier alpha value is -3.99. The molecule has 0 bridgehead atoms. The van der Waals surface area contributed by atoms with Gasteiger partial charge in [0.2, 0.25) is 5.91 Å². The normalized spacial score (nSPS) is 14.8. The maximum absolute atomic E-state index is 15.6. The number of rotatable bonds is 10. The first-order valence-electron chi connectivity index (χ1n) is 13.3. The molecule has 0 atom stereocenters. The third-order valence-corrected chi connectivity index (χ3v) is 9.75. The zero-order valence-corrected chi connectivity index (χ0v) is 24.8. The average molecular weight is 677 g/mol. The molecular formula is C28H23F7N4O4S2. The van der Waals surface area contributed by atoms with Gasteiger partial charge < -0.3 is 14.7 Å². The van der Waals surface area contributed by atoms with Crippen molar-refractivity contribution in [2.24, 2.45) is 0 Å². The van der Waals surface area contributed by atoms with Crippen LogP contribution >= 0.6 is 11.3 Å². The first-order valence-corrected chi connectivity index (χ1v) is 15.8. The lowest BCUT2D eigenvalue weighted by Gasteiger charge is -2.26. The lowest BCUT2D eigenvalue weighted by atomic mass is 9.89. The quantitative estimate of drug-likeness (QED) is 0.184. The van der Waals surface area contributed by atoms with Crippen LogP contribution in [0.15, 0.2) is 63.3 Å². The Bertz CT molecular complexity index is 1800. The van der Waals surface area contributed by atoms with Gasteiger partial charge in [-0.25, -0.2) is 12.8 Å². The largest absolute Gasteiger partial charge is 0.416 e. The summed E-state index contributed by atoms with van der Waals surface area (Å²) >= 11 is 1.26. The van der Waals surface area contributed by atoms with Gasteiger partial charge >= 0.3 is 12.4 Å². The number of hydrogen-bond acceptors (Lipinski definition) is 8. The van der Waals surface area contributed by atoms with Gasteiger partial charge in [0.05, 0.1) is 33.0 Å². The highest BCUT2D eigenvalue weighted by molar-refractivity contribution is 7.91. The van der Waals surface area contributed by atoms with Crippen LogP contribution in [0.3, 0.4) is 0 Å². The zero-order valence-electron chi connectivity index (χ0n) is 23.2. The minimum absolute atomic E-state index is 0.0640. The number of nitrogens with zero attached hydrogens (tertiary/aromatic N) is 3. The van der Waals surface area contributed by atoms with E-state index < -0.39 is 69.2 Å². The molecule has 0 saturated heterocycles. The number of carbonyl (C=O) groups is 1. The fraction of sp³-hybridized carbons (Fsp3) is 0.321. The minimum atomic E-state index is -5.09. The summed E-state index contributed by atoms with van der Waals surface area (Å²) in [6, 6.07) is 8.87. The van der Waals surface area contributed by atoms with Gasteiger partial charge in [-0.2, -0.15) is 31.3 Å². The lowest BCUT2D eigenvalue weighted by molar-refractivity contribution is -0.138. The maximum Gasteiger partial charge on any atom is 0.416 e. The van der Waals surface area contributed by atoms with Crippen molar-refractivity contribution in [3.8, 4) is 10.8 Å². The Kier molecular flexibility index (Phi) is 8.46. The molecule has 0 spiro atoms. The predicted octanol–water partition coefficient (Wildman–Crippen LogP) is 6.84. The number of carbonyl (C=O) groups excluding carboxylic acids is 1. The van der Waals surface area contributed by atoms with Gasteiger partial charge in [0.15, 0.2) is 15.7 Å². The van der Waals surface area contributed by atoms with Gasteiger partial charge in [-0.05, 0) is 60.7 Å². The highest BCUT2D eigenvalue weighted by Gasteiger charge is 2.55. The number of thiophene rings is 1. The van der Waals surface area contributed by atoms with Crippen LogP contribution < -0.4 is 10.2 Å². The van der Waals surface area contributed by atoms with Crippen LogP contribution in [-0.2, 0) is 26.2 Å². The van der Waals surface area contributed by atoms with Crippen LogP contribution in [0.1, 0.15) is 36.7 Å². The molecule has 240 valence electrons. The summed E-state index contributed by atoms with van der Waals surface area (Å²) in [5, 5.41) is 7.61. The van der Waals surface area contributed by atoms with Crippen molar-refractivity contribution in [2.75, 3.05) is 29.1 Å². The van der Waals surface area contributed by atoms with Crippen molar-refractivity contribution in [1.29, 1.82) is 0 Å². The molecule has 0 aliphatic heterocycles. The molecule has 1 amide bonds. The Morgan fingerprint density at radius 3 is 2.33 bits per heavy atom. The van der Waals surface area contributed by atoms with Gasteiger partial charge in [0.25, 0.3) is 5.89 Å². The van der Waals surface area contributed by atoms with E-state index in [4.69, 9.17) is 4.52 Å². The van der Waals surface area contributed by atoms with Crippen LogP contribution in [0.25, 0.3) is 10.8 Å². The fourth-order valence-electron chi connectivity index (χ4n) is 4.88. The lowest BCUT2D eigenvalue weighted by Crippen LogP contribution is -2.40. The zero-order chi connectivity index (χ0) is 32.8.